The van der Waals surface area contributed by atoms with Gasteiger partial charge in [0.1, 0.15) is 17.2 Å². The standard InChI is InChI=1S/C23H25F2N3O5/c1-3-7-23-9-15(29)17-16(21(32)26-10-12-5-6-13(24)8-14(12)25)19(30)20(31)18(28(17)23)22(33)27(4-2)11-23/h5-6,8,15,29,31H,3-4,7,9-11H2,1-2H3,(H,26,32). The topological polar surface area (TPSA) is 112 Å². The van der Waals surface area contributed by atoms with Crippen molar-refractivity contribution in [2.75, 3.05) is 13.1 Å². The summed E-state index contributed by atoms with van der Waals surface area (Å²) in [6.45, 7) is 4.01. The van der Waals surface area contributed by atoms with Gasteiger partial charge in [0.15, 0.2) is 11.4 Å². The fourth-order valence-corrected chi connectivity index (χ4v) is 5.11. The SMILES string of the molecule is CCCC12CC(O)c3c(C(=O)NCc4ccc(F)cc4F)c(=O)c(O)c(n31)C(=O)N(CC)C2. The summed E-state index contributed by atoms with van der Waals surface area (Å²) in [5, 5.41) is 24.0. The number of amides is 2. The molecule has 2 unspecified atom stereocenters. The Morgan fingerprint density at radius 3 is 2.64 bits per heavy atom. The van der Waals surface area contributed by atoms with Crippen LogP contribution in [0.1, 0.15) is 71.3 Å². The molecule has 2 aliphatic rings. The zero-order valence-corrected chi connectivity index (χ0v) is 18.3. The van der Waals surface area contributed by atoms with Crippen molar-refractivity contribution in [3.63, 3.8) is 0 Å². The van der Waals surface area contributed by atoms with E-state index in [0.717, 1.165) is 6.07 Å². The van der Waals surface area contributed by atoms with Crippen LogP contribution in [-0.4, -0.2) is 44.6 Å². The van der Waals surface area contributed by atoms with Crippen molar-refractivity contribution in [1.29, 1.82) is 0 Å². The number of aromatic nitrogens is 1. The number of likely N-dealkylation sites (N-methyl/N-ethyl adjacent to an activating group) is 1. The molecule has 0 saturated heterocycles. The van der Waals surface area contributed by atoms with Gasteiger partial charge < -0.3 is 25.0 Å². The fourth-order valence-electron chi connectivity index (χ4n) is 5.11. The number of hydrogen-bond acceptors (Lipinski definition) is 5. The molecule has 1 aromatic heterocycles. The third kappa shape index (κ3) is 3.49. The van der Waals surface area contributed by atoms with Crippen molar-refractivity contribution in [2.45, 2.75) is 51.3 Å². The van der Waals surface area contributed by atoms with Gasteiger partial charge in [0.05, 0.1) is 17.3 Å². The minimum Gasteiger partial charge on any atom is -0.503 e. The predicted molar refractivity (Wildman–Crippen MR) is 114 cm³/mol. The van der Waals surface area contributed by atoms with Gasteiger partial charge in [-0.1, -0.05) is 19.4 Å². The molecule has 8 nitrogen and oxygen atoms in total. The Morgan fingerprint density at radius 2 is 2.00 bits per heavy atom. The molecular weight excluding hydrogens is 436 g/mol. The largest absolute Gasteiger partial charge is 0.503 e. The number of halogens is 2. The molecule has 0 aliphatic carbocycles. The Morgan fingerprint density at radius 1 is 1.27 bits per heavy atom. The summed E-state index contributed by atoms with van der Waals surface area (Å²) >= 11 is 0. The molecule has 176 valence electrons. The lowest BCUT2D eigenvalue weighted by Crippen LogP contribution is -2.53. The van der Waals surface area contributed by atoms with E-state index < -0.39 is 51.8 Å². The second-order valence-corrected chi connectivity index (χ2v) is 8.55. The van der Waals surface area contributed by atoms with Gasteiger partial charge in [-0.15, -0.1) is 0 Å². The normalized spacial score (nSPS) is 21.3. The van der Waals surface area contributed by atoms with Crippen molar-refractivity contribution in [3.05, 3.63) is 62.6 Å². The number of nitrogens with zero attached hydrogens (tertiary/aromatic N) is 2. The molecule has 10 heteroatoms. The first kappa shape index (κ1) is 22.9. The molecule has 0 fully saturated rings. The molecular formula is C23H25F2N3O5. The van der Waals surface area contributed by atoms with E-state index in [1.54, 1.807) is 6.92 Å². The van der Waals surface area contributed by atoms with E-state index in [9.17, 15) is 33.4 Å². The average molecular weight is 461 g/mol. The lowest BCUT2D eigenvalue weighted by atomic mass is 9.87. The lowest BCUT2D eigenvalue weighted by Gasteiger charge is -2.43. The van der Waals surface area contributed by atoms with E-state index in [-0.39, 0.29) is 36.5 Å². The molecule has 2 atom stereocenters. The van der Waals surface area contributed by atoms with E-state index in [4.69, 9.17) is 0 Å². The van der Waals surface area contributed by atoms with Gasteiger partial charge in [-0.2, -0.15) is 0 Å². The Balaban J connectivity index is 1.83. The van der Waals surface area contributed by atoms with E-state index in [2.05, 4.69) is 5.32 Å². The second kappa shape index (κ2) is 8.26. The summed E-state index contributed by atoms with van der Waals surface area (Å²) in [7, 11) is 0. The number of aromatic hydroxyl groups is 1. The first-order valence-electron chi connectivity index (χ1n) is 10.9. The van der Waals surface area contributed by atoms with Gasteiger partial charge in [-0.05, 0) is 19.4 Å². The smallest absolute Gasteiger partial charge is 0.274 e. The highest BCUT2D eigenvalue weighted by Crippen LogP contribution is 2.48. The number of benzene rings is 1. The van der Waals surface area contributed by atoms with Gasteiger partial charge in [0.25, 0.3) is 11.8 Å². The highest BCUT2D eigenvalue weighted by atomic mass is 19.1. The molecule has 0 spiro atoms. The first-order valence-corrected chi connectivity index (χ1v) is 10.9. The number of nitrogens with one attached hydrogen (secondary N) is 1. The highest BCUT2D eigenvalue weighted by Gasteiger charge is 2.52. The monoisotopic (exact) mass is 461 g/mol. The second-order valence-electron chi connectivity index (χ2n) is 8.55. The van der Waals surface area contributed by atoms with E-state index >= 15 is 0 Å². The molecule has 0 radical (unpaired) electrons. The summed E-state index contributed by atoms with van der Waals surface area (Å²) in [6, 6.07) is 2.88. The Labute approximate surface area is 188 Å². The van der Waals surface area contributed by atoms with Crippen molar-refractivity contribution in [3.8, 4) is 5.75 Å². The molecule has 1 aromatic carbocycles. The molecule has 2 aromatic rings. The minimum atomic E-state index is -1.21. The van der Waals surface area contributed by atoms with Gasteiger partial charge in [0, 0.05) is 37.7 Å². The van der Waals surface area contributed by atoms with Crippen molar-refractivity contribution in [2.24, 2.45) is 0 Å². The maximum Gasteiger partial charge on any atom is 0.274 e. The maximum atomic E-state index is 14.0. The molecule has 0 bridgehead atoms. The van der Waals surface area contributed by atoms with Crippen LogP contribution >= 0.6 is 0 Å². The summed E-state index contributed by atoms with van der Waals surface area (Å²) in [4.78, 5) is 40.6. The van der Waals surface area contributed by atoms with Gasteiger partial charge in [-0.25, -0.2) is 8.78 Å². The van der Waals surface area contributed by atoms with Crippen LogP contribution in [-0.2, 0) is 12.1 Å². The maximum absolute atomic E-state index is 14.0. The zero-order valence-electron chi connectivity index (χ0n) is 18.3. The Hall–Kier alpha value is -3.27. The molecule has 2 aliphatic heterocycles. The van der Waals surface area contributed by atoms with Crippen LogP contribution in [0.25, 0.3) is 0 Å². The number of hydrogen-bond donors (Lipinski definition) is 3. The average Bonchev–Trinajstić information content (AvgIpc) is 3.04. The van der Waals surface area contributed by atoms with Crippen LogP contribution in [0.3, 0.4) is 0 Å². The Bertz CT molecular complexity index is 1210. The molecule has 3 N–H and O–H groups in total. The number of rotatable bonds is 6. The molecule has 0 saturated carbocycles. The number of aliphatic hydroxyl groups excluding tert-OH is 1. The summed E-state index contributed by atoms with van der Waals surface area (Å²) in [5.74, 6) is -3.96. The van der Waals surface area contributed by atoms with E-state index in [1.165, 1.54) is 15.5 Å². The number of aliphatic hydroxyl groups is 1. The molecule has 4 rings (SSSR count). The minimum absolute atomic E-state index is 0.00176. The molecule has 3 heterocycles. The Kier molecular flexibility index (Phi) is 5.73. The highest BCUT2D eigenvalue weighted by molar-refractivity contribution is 6.00. The number of carbonyl (C=O) groups excluding carboxylic acids is 2. The van der Waals surface area contributed by atoms with Crippen LogP contribution in [0.5, 0.6) is 5.75 Å². The van der Waals surface area contributed by atoms with Crippen LogP contribution < -0.4 is 10.7 Å². The quantitative estimate of drug-likeness (QED) is 0.611. The van der Waals surface area contributed by atoms with Gasteiger partial charge in [0.2, 0.25) is 5.43 Å². The molecule has 2 amide bonds. The molecule has 33 heavy (non-hydrogen) atoms. The zero-order chi connectivity index (χ0) is 24.1. The summed E-state index contributed by atoms with van der Waals surface area (Å²) in [5.41, 5.74) is -2.59. The first-order chi connectivity index (χ1) is 15.6. The number of pyridine rings is 1. The van der Waals surface area contributed by atoms with Crippen LogP contribution in [0.4, 0.5) is 8.78 Å². The summed E-state index contributed by atoms with van der Waals surface area (Å²) < 4.78 is 28.6. The van der Waals surface area contributed by atoms with Crippen LogP contribution in [0.2, 0.25) is 0 Å². The van der Waals surface area contributed by atoms with Crippen molar-refractivity contribution in [1.82, 2.24) is 14.8 Å². The lowest BCUT2D eigenvalue weighted by molar-refractivity contribution is 0.0504. The van der Waals surface area contributed by atoms with Crippen LogP contribution in [0, 0.1) is 11.6 Å². The summed E-state index contributed by atoms with van der Waals surface area (Å²) in [6.07, 6.45) is 0.220. The third-order valence-electron chi connectivity index (χ3n) is 6.50. The van der Waals surface area contributed by atoms with E-state index in [1.807, 2.05) is 6.92 Å². The predicted octanol–water partition coefficient (Wildman–Crippen LogP) is 2.17. The van der Waals surface area contributed by atoms with Crippen molar-refractivity contribution >= 4 is 11.8 Å². The number of carbonyl (C=O) groups is 2. The third-order valence-corrected chi connectivity index (χ3v) is 6.50. The van der Waals surface area contributed by atoms with Gasteiger partial charge in [-0.3, -0.25) is 14.4 Å². The van der Waals surface area contributed by atoms with E-state index in [0.29, 0.717) is 25.5 Å². The van der Waals surface area contributed by atoms with Crippen LogP contribution in [0.15, 0.2) is 23.0 Å². The van der Waals surface area contributed by atoms with Crippen molar-refractivity contribution < 1.29 is 28.6 Å². The fraction of sp³-hybridized carbons (Fsp3) is 0.435. The van der Waals surface area contributed by atoms with Gasteiger partial charge >= 0.3 is 0 Å².